The third kappa shape index (κ3) is 3.83. The fraction of sp³-hybridized carbons (Fsp3) is 0.611. The minimum Gasteiger partial charge on any atom is -0.363 e. The van der Waals surface area contributed by atoms with Crippen LogP contribution in [0.5, 0.6) is 0 Å². The van der Waals surface area contributed by atoms with Crippen molar-refractivity contribution in [2.24, 2.45) is 0 Å². The zero-order valence-corrected chi connectivity index (χ0v) is 15.5. The fourth-order valence-electron chi connectivity index (χ4n) is 3.78. The lowest BCUT2D eigenvalue weighted by Gasteiger charge is -2.22. The number of rotatable bonds is 4. The number of nitrogens with one attached hydrogen (secondary N) is 1. The Balaban J connectivity index is 1.90. The number of halogens is 3. The average Bonchev–Trinajstić information content (AvgIpc) is 2.79. The van der Waals surface area contributed by atoms with Crippen LogP contribution in [0.2, 0.25) is 0 Å². The summed E-state index contributed by atoms with van der Waals surface area (Å²) in [4.78, 5) is 9.09. The van der Waals surface area contributed by atoms with Gasteiger partial charge in [0.2, 0.25) is 0 Å². The van der Waals surface area contributed by atoms with Gasteiger partial charge in [-0.15, -0.1) is 0 Å². The summed E-state index contributed by atoms with van der Waals surface area (Å²) in [6.07, 6.45) is -0.190. The first-order valence-electron chi connectivity index (χ1n) is 8.89. The van der Waals surface area contributed by atoms with Crippen molar-refractivity contribution in [3.8, 4) is 0 Å². The predicted octanol–water partition coefficient (Wildman–Crippen LogP) is 4.21. The summed E-state index contributed by atoms with van der Waals surface area (Å²) in [7, 11) is 0. The standard InChI is InChI=1S/C18H24F3N5/c1-10(16-11(2)25-26(12(16)3)9-18(19,20)21)22-17-14-7-5-6-8-15(14)23-13(4)24-17/h10H,5-9H2,1-4H3,(H,22,23,24). The second-order valence-corrected chi connectivity index (χ2v) is 6.98. The van der Waals surface area contributed by atoms with E-state index in [1.165, 1.54) is 0 Å². The minimum atomic E-state index is -4.29. The highest BCUT2D eigenvalue weighted by Gasteiger charge is 2.31. The zero-order valence-electron chi connectivity index (χ0n) is 15.5. The molecule has 0 radical (unpaired) electrons. The summed E-state index contributed by atoms with van der Waals surface area (Å²) in [5.41, 5.74) is 4.13. The Morgan fingerprint density at radius 2 is 1.81 bits per heavy atom. The van der Waals surface area contributed by atoms with Gasteiger partial charge in [0.05, 0.1) is 11.7 Å². The number of aromatic nitrogens is 4. The van der Waals surface area contributed by atoms with Gasteiger partial charge in [0.1, 0.15) is 18.2 Å². The molecule has 3 rings (SSSR count). The van der Waals surface area contributed by atoms with E-state index in [0.29, 0.717) is 17.2 Å². The summed E-state index contributed by atoms with van der Waals surface area (Å²) < 4.78 is 39.3. The Kier molecular flexibility index (Phi) is 4.94. The summed E-state index contributed by atoms with van der Waals surface area (Å²) in [5.74, 6) is 1.50. The minimum absolute atomic E-state index is 0.197. The first-order chi connectivity index (χ1) is 12.2. The molecular weight excluding hydrogens is 343 g/mol. The molecular formula is C18H24F3N5. The van der Waals surface area contributed by atoms with Crippen molar-refractivity contribution in [3.63, 3.8) is 0 Å². The smallest absolute Gasteiger partial charge is 0.363 e. The lowest BCUT2D eigenvalue weighted by atomic mass is 9.96. The number of anilines is 1. The van der Waals surface area contributed by atoms with Gasteiger partial charge >= 0.3 is 6.18 Å². The molecule has 2 aromatic heterocycles. The van der Waals surface area contributed by atoms with Gasteiger partial charge in [-0.05, 0) is 53.4 Å². The molecule has 0 saturated carbocycles. The van der Waals surface area contributed by atoms with E-state index in [4.69, 9.17) is 0 Å². The van der Waals surface area contributed by atoms with Crippen molar-refractivity contribution >= 4 is 5.82 Å². The monoisotopic (exact) mass is 367 g/mol. The molecule has 0 saturated heterocycles. The van der Waals surface area contributed by atoms with Gasteiger partial charge in [0, 0.05) is 22.5 Å². The molecule has 1 aliphatic carbocycles. The molecule has 1 aliphatic rings. The van der Waals surface area contributed by atoms with Gasteiger partial charge in [-0.25, -0.2) is 9.97 Å². The van der Waals surface area contributed by atoms with Crippen LogP contribution < -0.4 is 5.32 Å². The molecule has 8 heteroatoms. The van der Waals surface area contributed by atoms with Crippen molar-refractivity contribution in [2.75, 3.05) is 5.32 Å². The van der Waals surface area contributed by atoms with Crippen LogP contribution in [-0.4, -0.2) is 25.9 Å². The third-order valence-electron chi connectivity index (χ3n) is 4.85. The first kappa shape index (κ1) is 18.7. The van der Waals surface area contributed by atoms with Gasteiger partial charge in [0.25, 0.3) is 0 Å². The molecule has 0 spiro atoms. The van der Waals surface area contributed by atoms with E-state index in [0.717, 1.165) is 53.0 Å². The molecule has 1 N–H and O–H groups in total. The number of nitrogens with zero attached hydrogens (tertiary/aromatic N) is 4. The van der Waals surface area contributed by atoms with E-state index in [9.17, 15) is 13.2 Å². The van der Waals surface area contributed by atoms with Gasteiger partial charge < -0.3 is 5.32 Å². The highest BCUT2D eigenvalue weighted by Crippen LogP contribution is 2.31. The van der Waals surface area contributed by atoms with Crippen LogP contribution in [0, 0.1) is 20.8 Å². The van der Waals surface area contributed by atoms with Gasteiger partial charge in [-0.3, -0.25) is 4.68 Å². The molecule has 5 nitrogen and oxygen atoms in total. The molecule has 0 amide bonds. The molecule has 2 aromatic rings. The molecule has 26 heavy (non-hydrogen) atoms. The van der Waals surface area contributed by atoms with Gasteiger partial charge in [0.15, 0.2) is 0 Å². The topological polar surface area (TPSA) is 55.6 Å². The molecule has 1 atom stereocenters. The molecule has 1 unspecified atom stereocenters. The lowest BCUT2D eigenvalue weighted by Crippen LogP contribution is -2.20. The van der Waals surface area contributed by atoms with Gasteiger partial charge in [-0.1, -0.05) is 0 Å². The molecule has 0 aliphatic heterocycles. The maximum absolute atomic E-state index is 12.7. The van der Waals surface area contributed by atoms with Crippen molar-refractivity contribution in [1.29, 1.82) is 0 Å². The Labute approximate surface area is 151 Å². The summed E-state index contributed by atoms with van der Waals surface area (Å²) in [6, 6.07) is -0.197. The SMILES string of the molecule is Cc1nc2c(c(NC(C)c3c(C)nn(CC(F)(F)F)c3C)n1)CCCC2. The Bertz CT molecular complexity index is 810. The van der Waals surface area contributed by atoms with Crippen LogP contribution in [0.3, 0.4) is 0 Å². The number of hydrogen-bond acceptors (Lipinski definition) is 4. The van der Waals surface area contributed by atoms with E-state index in [1.54, 1.807) is 13.8 Å². The Morgan fingerprint density at radius 3 is 2.50 bits per heavy atom. The number of aryl methyl sites for hydroxylation is 3. The number of fused-ring (bicyclic) bond motifs is 1. The molecule has 0 fully saturated rings. The van der Waals surface area contributed by atoms with Crippen LogP contribution in [0.4, 0.5) is 19.0 Å². The van der Waals surface area contributed by atoms with E-state index in [1.807, 2.05) is 13.8 Å². The van der Waals surface area contributed by atoms with E-state index in [-0.39, 0.29) is 6.04 Å². The van der Waals surface area contributed by atoms with Crippen LogP contribution in [-0.2, 0) is 19.4 Å². The second kappa shape index (κ2) is 6.89. The normalized spacial score (nSPS) is 15.7. The summed E-state index contributed by atoms with van der Waals surface area (Å²) in [5, 5.41) is 7.49. The quantitative estimate of drug-likeness (QED) is 0.879. The molecule has 0 aromatic carbocycles. The fourth-order valence-corrected chi connectivity index (χ4v) is 3.78. The van der Waals surface area contributed by atoms with E-state index >= 15 is 0 Å². The Hall–Kier alpha value is -2.12. The Morgan fingerprint density at radius 1 is 1.12 bits per heavy atom. The number of hydrogen-bond donors (Lipinski definition) is 1. The third-order valence-corrected chi connectivity index (χ3v) is 4.85. The molecule has 0 bridgehead atoms. The van der Waals surface area contributed by atoms with Crippen molar-refractivity contribution in [1.82, 2.24) is 19.7 Å². The van der Waals surface area contributed by atoms with Crippen molar-refractivity contribution < 1.29 is 13.2 Å². The zero-order chi connectivity index (χ0) is 19.1. The highest BCUT2D eigenvalue weighted by atomic mass is 19.4. The summed E-state index contributed by atoms with van der Waals surface area (Å²) >= 11 is 0. The van der Waals surface area contributed by atoms with Crippen LogP contribution >= 0.6 is 0 Å². The molecule has 2 heterocycles. The van der Waals surface area contributed by atoms with E-state index in [2.05, 4.69) is 20.4 Å². The van der Waals surface area contributed by atoms with Crippen molar-refractivity contribution in [2.45, 2.75) is 72.1 Å². The van der Waals surface area contributed by atoms with Crippen molar-refractivity contribution in [3.05, 3.63) is 34.0 Å². The van der Waals surface area contributed by atoms with Crippen LogP contribution in [0.15, 0.2) is 0 Å². The lowest BCUT2D eigenvalue weighted by molar-refractivity contribution is -0.142. The van der Waals surface area contributed by atoms with Crippen LogP contribution in [0.25, 0.3) is 0 Å². The average molecular weight is 367 g/mol. The first-order valence-corrected chi connectivity index (χ1v) is 8.89. The maximum atomic E-state index is 12.7. The summed E-state index contributed by atoms with van der Waals surface area (Å²) in [6.45, 7) is 6.15. The van der Waals surface area contributed by atoms with Crippen LogP contribution in [0.1, 0.15) is 59.8 Å². The van der Waals surface area contributed by atoms with E-state index < -0.39 is 12.7 Å². The molecule has 142 valence electrons. The second-order valence-electron chi connectivity index (χ2n) is 6.98. The maximum Gasteiger partial charge on any atom is 0.408 e. The number of alkyl halides is 3. The highest BCUT2D eigenvalue weighted by molar-refractivity contribution is 5.50. The van der Waals surface area contributed by atoms with Gasteiger partial charge in [-0.2, -0.15) is 18.3 Å². The predicted molar refractivity (Wildman–Crippen MR) is 93.2 cm³/mol. The largest absolute Gasteiger partial charge is 0.408 e.